The summed E-state index contributed by atoms with van der Waals surface area (Å²) in [4.78, 5) is 15.6. The number of rotatable bonds is 8. The molecule has 1 rings (SSSR count). The average molecular weight is 367 g/mol. The highest BCUT2D eigenvalue weighted by Gasteiger charge is 2.43. The molecule has 0 amide bonds. The Morgan fingerprint density at radius 3 is 2.16 bits per heavy atom. The zero-order valence-corrected chi connectivity index (χ0v) is 14.5. The first-order valence-corrected chi connectivity index (χ1v) is 7.31. The van der Waals surface area contributed by atoms with Gasteiger partial charge in [0.15, 0.2) is 12.0 Å². The Morgan fingerprint density at radius 2 is 1.76 bits per heavy atom. The first-order valence-electron chi connectivity index (χ1n) is 7.31. The summed E-state index contributed by atoms with van der Waals surface area (Å²) in [7, 11) is 3.52. The predicted octanol–water partition coefficient (Wildman–Crippen LogP) is 2.98. The third-order valence-corrected chi connectivity index (χ3v) is 3.07. The minimum absolute atomic E-state index is 0.0783. The lowest BCUT2D eigenvalue weighted by Gasteiger charge is -2.23. The molecular weight excluding hydrogens is 347 g/mol. The second-order valence-corrected chi connectivity index (χ2v) is 4.53. The molecule has 0 spiro atoms. The number of esters is 1. The van der Waals surface area contributed by atoms with Gasteiger partial charge in [-0.05, 0) is 13.8 Å². The largest absolute Gasteiger partial charge is 0.495 e. The van der Waals surface area contributed by atoms with Gasteiger partial charge < -0.3 is 23.7 Å². The lowest BCUT2D eigenvalue weighted by molar-refractivity contribution is -0.143. The molecule has 0 aromatic carbocycles. The van der Waals surface area contributed by atoms with Gasteiger partial charge >= 0.3 is 12.1 Å². The SMILES string of the molecule is CCOC(=O)c1c(C(F)(F)F)nc(OC)c(C(OC)OCC)c1OC. The lowest BCUT2D eigenvalue weighted by atomic mass is 10.1. The average Bonchev–Trinajstić information content (AvgIpc) is 2.57. The number of ether oxygens (including phenoxy) is 5. The molecule has 1 atom stereocenters. The highest BCUT2D eigenvalue weighted by Crippen LogP contribution is 2.43. The second-order valence-electron chi connectivity index (χ2n) is 4.53. The van der Waals surface area contributed by atoms with Crippen molar-refractivity contribution in [3.05, 3.63) is 16.8 Å². The first-order chi connectivity index (χ1) is 11.8. The van der Waals surface area contributed by atoms with Gasteiger partial charge in [-0.3, -0.25) is 0 Å². The summed E-state index contributed by atoms with van der Waals surface area (Å²) < 4.78 is 65.4. The van der Waals surface area contributed by atoms with Crippen molar-refractivity contribution in [1.29, 1.82) is 0 Å². The van der Waals surface area contributed by atoms with Crippen molar-refractivity contribution in [2.24, 2.45) is 0 Å². The van der Waals surface area contributed by atoms with Crippen LogP contribution in [0.2, 0.25) is 0 Å². The Labute approximate surface area is 143 Å². The summed E-state index contributed by atoms with van der Waals surface area (Å²) >= 11 is 0. The molecule has 1 unspecified atom stereocenters. The van der Waals surface area contributed by atoms with Gasteiger partial charge in [-0.2, -0.15) is 13.2 Å². The summed E-state index contributed by atoms with van der Waals surface area (Å²) in [6.45, 7) is 3.18. The van der Waals surface area contributed by atoms with E-state index in [2.05, 4.69) is 4.98 Å². The Hall–Kier alpha value is -2.07. The number of nitrogens with zero attached hydrogens (tertiary/aromatic N) is 1. The molecule has 0 bridgehead atoms. The molecule has 0 aliphatic heterocycles. The lowest BCUT2D eigenvalue weighted by Crippen LogP contribution is -2.22. The van der Waals surface area contributed by atoms with Gasteiger partial charge in [0.05, 0.1) is 20.8 Å². The van der Waals surface area contributed by atoms with Gasteiger partial charge in [0.25, 0.3) is 0 Å². The number of alkyl halides is 3. The molecule has 0 fully saturated rings. The van der Waals surface area contributed by atoms with Crippen LogP contribution in [-0.4, -0.2) is 45.5 Å². The quantitative estimate of drug-likeness (QED) is 0.516. The molecule has 25 heavy (non-hydrogen) atoms. The Morgan fingerprint density at radius 1 is 1.12 bits per heavy atom. The topological polar surface area (TPSA) is 76.1 Å². The summed E-state index contributed by atoms with van der Waals surface area (Å²) in [6.07, 6.45) is -6.09. The minimum Gasteiger partial charge on any atom is -0.495 e. The number of hydrogen-bond donors (Lipinski definition) is 0. The van der Waals surface area contributed by atoms with Crippen LogP contribution in [-0.2, 0) is 20.4 Å². The van der Waals surface area contributed by atoms with E-state index in [0.29, 0.717) is 0 Å². The maximum atomic E-state index is 13.4. The zero-order valence-electron chi connectivity index (χ0n) is 14.5. The van der Waals surface area contributed by atoms with E-state index in [-0.39, 0.29) is 18.8 Å². The number of carbonyl (C=O) groups excluding carboxylic acids is 1. The summed E-state index contributed by atoms with van der Waals surface area (Å²) in [5, 5.41) is 0. The van der Waals surface area contributed by atoms with Crippen molar-refractivity contribution >= 4 is 5.97 Å². The molecule has 0 radical (unpaired) electrons. The number of carbonyl (C=O) groups is 1. The van der Waals surface area contributed by atoms with Crippen molar-refractivity contribution in [1.82, 2.24) is 4.98 Å². The van der Waals surface area contributed by atoms with Crippen LogP contribution in [0.25, 0.3) is 0 Å². The van der Waals surface area contributed by atoms with Gasteiger partial charge in [-0.25, -0.2) is 9.78 Å². The van der Waals surface area contributed by atoms with E-state index in [0.717, 1.165) is 14.2 Å². The van der Waals surface area contributed by atoms with Crippen molar-refractivity contribution in [3.8, 4) is 11.6 Å². The van der Waals surface area contributed by atoms with Gasteiger partial charge in [0, 0.05) is 13.7 Å². The number of aromatic nitrogens is 1. The van der Waals surface area contributed by atoms with E-state index in [1.165, 1.54) is 14.0 Å². The predicted molar refractivity (Wildman–Crippen MR) is 79.7 cm³/mol. The van der Waals surface area contributed by atoms with Crippen molar-refractivity contribution in [2.45, 2.75) is 26.3 Å². The summed E-state index contributed by atoms with van der Waals surface area (Å²) in [5.41, 5.74) is -2.42. The zero-order chi connectivity index (χ0) is 19.2. The van der Waals surface area contributed by atoms with Gasteiger partial charge in [-0.15, -0.1) is 0 Å². The minimum atomic E-state index is -4.94. The van der Waals surface area contributed by atoms with Gasteiger partial charge in [0.2, 0.25) is 5.88 Å². The van der Waals surface area contributed by atoms with Crippen molar-refractivity contribution < 1.29 is 41.7 Å². The number of hydrogen-bond acceptors (Lipinski definition) is 7. The fraction of sp³-hybridized carbons (Fsp3) is 0.600. The van der Waals surface area contributed by atoms with Crippen LogP contribution in [0, 0.1) is 0 Å². The molecule has 1 aromatic heterocycles. The smallest absolute Gasteiger partial charge is 0.434 e. The first kappa shape index (κ1) is 21.0. The van der Waals surface area contributed by atoms with E-state index in [4.69, 9.17) is 23.7 Å². The molecule has 0 aliphatic rings. The fourth-order valence-electron chi connectivity index (χ4n) is 2.15. The Kier molecular flexibility index (Phi) is 7.43. The van der Waals surface area contributed by atoms with E-state index < -0.39 is 41.3 Å². The van der Waals surface area contributed by atoms with E-state index >= 15 is 0 Å². The summed E-state index contributed by atoms with van der Waals surface area (Å²) in [5.74, 6) is -2.09. The number of halogens is 3. The third-order valence-electron chi connectivity index (χ3n) is 3.07. The highest BCUT2D eigenvalue weighted by molar-refractivity contribution is 5.95. The Bertz CT molecular complexity index is 606. The molecule has 0 aliphatic carbocycles. The van der Waals surface area contributed by atoms with Gasteiger partial charge in [0.1, 0.15) is 16.9 Å². The molecule has 1 aromatic rings. The van der Waals surface area contributed by atoms with Crippen LogP contribution in [0.5, 0.6) is 11.6 Å². The highest BCUT2D eigenvalue weighted by atomic mass is 19.4. The summed E-state index contributed by atoms with van der Waals surface area (Å²) in [6, 6.07) is 0. The van der Waals surface area contributed by atoms with Crippen molar-refractivity contribution in [3.63, 3.8) is 0 Å². The van der Waals surface area contributed by atoms with Crippen LogP contribution in [0.4, 0.5) is 13.2 Å². The molecule has 10 heteroatoms. The maximum Gasteiger partial charge on any atom is 0.434 e. The Balaban J connectivity index is 3.84. The van der Waals surface area contributed by atoms with Crippen LogP contribution >= 0.6 is 0 Å². The number of pyridine rings is 1. The molecule has 1 heterocycles. The van der Waals surface area contributed by atoms with Crippen LogP contribution in [0.15, 0.2) is 0 Å². The molecule has 0 saturated carbocycles. The second kappa shape index (κ2) is 8.86. The van der Waals surface area contributed by atoms with Crippen molar-refractivity contribution in [2.75, 3.05) is 34.5 Å². The van der Waals surface area contributed by atoms with Crippen LogP contribution < -0.4 is 9.47 Å². The molecule has 142 valence electrons. The maximum absolute atomic E-state index is 13.4. The van der Waals surface area contributed by atoms with Crippen LogP contribution in [0.3, 0.4) is 0 Å². The standard InChI is InChI=1S/C15H20F3NO6/c1-6-24-13(20)8-10(21-3)9(14(23-5)25-7-2)12(22-4)19-11(8)15(16,17)18/h14H,6-7H2,1-5H3. The van der Waals surface area contributed by atoms with Crippen LogP contribution in [0.1, 0.15) is 41.8 Å². The molecule has 0 saturated heterocycles. The molecular formula is C15H20F3NO6. The molecule has 0 N–H and O–H groups in total. The normalized spacial score (nSPS) is 12.6. The van der Waals surface area contributed by atoms with E-state index in [1.54, 1.807) is 6.92 Å². The fourth-order valence-corrected chi connectivity index (χ4v) is 2.15. The third kappa shape index (κ3) is 4.51. The van der Waals surface area contributed by atoms with Gasteiger partial charge in [-0.1, -0.05) is 0 Å². The van der Waals surface area contributed by atoms with E-state index in [9.17, 15) is 18.0 Å². The van der Waals surface area contributed by atoms with E-state index in [1.807, 2.05) is 0 Å². The number of methoxy groups -OCH3 is 3. The monoisotopic (exact) mass is 367 g/mol. The molecule has 7 nitrogen and oxygen atoms in total.